The maximum Gasteiger partial charge on any atom is 0.315 e. The maximum absolute atomic E-state index is 11.2. The van der Waals surface area contributed by atoms with E-state index in [2.05, 4.69) is 10.3 Å². The molecule has 1 saturated carbocycles. The molecule has 14 heavy (non-hydrogen) atoms. The maximum atomic E-state index is 11.2. The Morgan fingerprint density at radius 1 is 1.71 bits per heavy atom. The van der Waals surface area contributed by atoms with Gasteiger partial charge >= 0.3 is 5.97 Å². The van der Waals surface area contributed by atoms with Crippen LogP contribution in [-0.4, -0.2) is 26.1 Å². The van der Waals surface area contributed by atoms with E-state index in [1.54, 1.807) is 10.9 Å². The molecule has 5 heteroatoms. The van der Waals surface area contributed by atoms with Crippen LogP contribution in [0.3, 0.4) is 0 Å². The Hall–Kier alpha value is -1.39. The highest BCUT2D eigenvalue weighted by Gasteiger charge is 2.48. The monoisotopic (exact) mass is 195 g/mol. The fourth-order valence-electron chi connectivity index (χ4n) is 1.97. The van der Waals surface area contributed by atoms with Crippen LogP contribution in [0, 0.1) is 0 Å². The molecular formula is C9H13N3O2. The zero-order valence-electron chi connectivity index (χ0n) is 8.10. The van der Waals surface area contributed by atoms with Crippen molar-refractivity contribution in [1.82, 2.24) is 15.0 Å². The normalized spacial score (nSPS) is 18.9. The molecule has 0 aromatic carbocycles. The van der Waals surface area contributed by atoms with Crippen molar-refractivity contribution in [2.75, 3.05) is 0 Å². The first kappa shape index (κ1) is 9.18. The van der Waals surface area contributed by atoms with Crippen molar-refractivity contribution in [3.63, 3.8) is 0 Å². The smallest absolute Gasteiger partial charge is 0.315 e. The molecule has 1 aliphatic rings. The number of hydrogen-bond donors (Lipinski definition) is 1. The molecule has 76 valence electrons. The van der Waals surface area contributed by atoms with Crippen molar-refractivity contribution < 1.29 is 9.90 Å². The van der Waals surface area contributed by atoms with E-state index >= 15 is 0 Å². The van der Waals surface area contributed by atoms with Gasteiger partial charge in [-0.05, 0) is 19.8 Å². The van der Waals surface area contributed by atoms with Crippen molar-refractivity contribution >= 4 is 5.97 Å². The second-order valence-electron chi connectivity index (χ2n) is 3.68. The molecule has 5 nitrogen and oxygen atoms in total. The van der Waals surface area contributed by atoms with Crippen LogP contribution in [0.25, 0.3) is 0 Å². The third-order valence-electron chi connectivity index (χ3n) is 3.02. The number of hydrogen-bond acceptors (Lipinski definition) is 3. The summed E-state index contributed by atoms with van der Waals surface area (Å²) >= 11 is 0. The van der Waals surface area contributed by atoms with Crippen molar-refractivity contribution in [2.45, 2.75) is 38.1 Å². The minimum absolute atomic E-state index is 0.671. The lowest BCUT2D eigenvalue weighted by atomic mass is 9.67. The van der Waals surface area contributed by atoms with E-state index in [4.69, 9.17) is 0 Å². The van der Waals surface area contributed by atoms with Gasteiger partial charge in [-0.25, -0.2) is 4.68 Å². The molecular weight excluding hydrogens is 182 g/mol. The zero-order chi connectivity index (χ0) is 10.2. The van der Waals surface area contributed by atoms with Gasteiger partial charge in [-0.3, -0.25) is 4.79 Å². The number of aliphatic carboxylic acids is 1. The van der Waals surface area contributed by atoms with Crippen molar-refractivity contribution in [2.24, 2.45) is 0 Å². The third-order valence-corrected chi connectivity index (χ3v) is 3.02. The Bertz CT molecular complexity index is 355. The quantitative estimate of drug-likeness (QED) is 0.774. The Kier molecular flexibility index (Phi) is 2.02. The summed E-state index contributed by atoms with van der Waals surface area (Å²) in [6.07, 6.45) is 3.96. The Balaban J connectivity index is 2.41. The number of carboxylic acid groups (broad SMARTS) is 1. The SMILES string of the molecule is CCn1nncc1C1(C(=O)O)CCC1. The average Bonchev–Trinajstić information content (AvgIpc) is 2.50. The van der Waals surface area contributed by atoms with Gasteiger partial charge in [0.2, 0.25) is 0 Å². The van der Waals surface area contributed by atoms with Gasteiger partial charge in [0.1, 0.15) is 5.41 Å². The number of rotatable bonds is 3. The van der Waals surface area contributed by atoms with Crippen molar-refractivity contribution in [3.8, 4) is 0 Å². The van der Waals surface area contributed by atoms with E-state index in [0.717, 1.165) is 12.1 Å². The summed E-state index contributed by atoms with van der Waals surface area (Å²) in [7, 11) is 0. The molecule has 1 aliphatic carbocycles. The lowest BCUT2D eigenvalue weighted by molar-refractivity contribution is -0.147. The van der Waals surface area contributed by atoms with Gasteiger partial charge in [-0.2, -0.15) is 0 Å². The molecule has 0 spiro atoms. The van der Waals surface area contributed by atoms with Gasteiger partial charge in [0, 0.05) is 6.54 Å². The molecule has 0 unspecified atom stereocenters. The molecule has 0 aliphatic heterocycles. The van der Waals surface area contributed by atoms with E-state index < -0.39 is 11.4 Å². The molecule has 2 rings (SSSR count). The topological polar surface area (TPSA) is 68.0 Å². The van der Waals surface area contributed by atoms with Crippen LogP contribution < -0.4 is 0 Å². The molecule has 0 bridgehead atoms. The summed E-state index contributed by atoms with van der Waals surface area (Å²) < 4.78 is 1.67. The number of aryl methyl sites for hydroxylation is 1. The minimum atomic E-state index is -0.749. The predicted octanol–water partition coefficient (Wildman–Crippen LogP) is 0.804. The molecule has 1 aromatic heterocycles. The fraction of sp³-hybridized carbons (Fsp3) is 0.667. The number of nitrogens with zero attached hydrogens (tertiary/aromatic N) is 3. The van der Waals surface area contributed by atoms with Gasteiger partial charge in [0.15, 0.2) is 0 Å². The number of carbonyl (C=O) groups is 1. The van der Waals surface area contributed by atoms with Crippen molar-refractivity contribution in [1.29, 1.82) is 0 Å². The Labute approximate surface area is 81.7 Å². The zero-order valence-corrected chi connectivity index (χ0v) is 8.10. The standard InChI is InChI=1S/C9H13N3O2/c1-2-12-7(6-10-11-12)9(8(13)14)4-3-5-9/h6H,2-5H2,1H3,(H,13,14). The summed E-state index contributed by atoms with van der Waals surface area (Å²) in [5, 5.41) is 16.8. The van der Waals surface area contributed by atoms with E-state index in [1.165, 1.54) is 0 Å². The van der Waals surface area contributed by atoms with Crippen LogP contribution in [0.2, 0.25) is 0 Å². The highest BCUT2D eigenvalue weighted by Crippen LogP contribution is 2.43. The first-order valence-corrected chi connectivity index (χ1v) is 4.83. The van der Waals surface area contributed by atoms with E-state index in [9.17, 15) is 9.90 Å². The summed E-state index contributed by atoms with van der Waals surface area (Å²) in [5.41, 5.74) is 0.0400. The Morgan fingerprint density at radius 3 is 2.86 bits per heavy atom. The highest BCUT2D eigenvalue weighted by atomic mass is 16.4. The van der Waals surface area contributed by atoms with Gasteiger partial charge in [-0.15, -0.1) is 5.10 Å². The first-order valence-electron chi connectivity index (χ1n) is 4.83. The molecule has 0 radical (unpaired) electrons. The molecule has 0 saturated heterocycles. The molecule has 0 amide bonds. The Morgan fingerprint density at radius 2 is 2.43 bits per heavy atom. The summed E-state index contributed by atoms with van der Waals surface area (Å²) in [5.74, 6) is -0.749. The number of carboxylic acids is 1. The lowest BCUT2D eigenvalue weighted by Gasteiger charge is -2.37. The van der Waals surface area contributed by atoms with Gasteiger partial charge in [0.25, 0.3) is 0 Å². The van der Waals surface area contributed by atoms with E-state index in [1.807, 2.05) is 6.92 Å². The first-order chi connectivity index (χ1) is 6.70. The van der Waals surface area contributed by atoms with E-state index in [-0.39, 0.29) is 0 Å². The van der Waals surface area contributed by atoms with Gasteiger partial charge in [-0.1, -0.05) is 11.6 Å². The molecule has 1 N–H and O–H groups in total. The predicted molar refractivity (Wildman–Crippen MR) is 48.9 cm³/mol. The van der Waals surface area contributed by atoms with Crippen LogP contribution in [0.5, 0.6) is 0 Å². The minimum Gasteiger partial charge on any atom is -0.481 e. The van der Waals surface area contributed by atoms with E-state index in [0.29, 0.717) is 19.4 Å². The van der Waals surface area contributed by atoms with Gasteiger partial charge < -0.3 is 5.11 Å². The van der Waals surface area contributed by atoms with Crippen LogP contribution >= 0.6 is 0 Å². The van der Waals surface area contributed by atoms with Crippen LogP contribution in [-0.2, 0) is 16.8 Å². The molecule has 0 atom stereocenters. The summed E-state index contributed by atoms with van der Waals surface area (Å²) in [6.45, 7) is 2.61. The summed E-state index contributed by atoms with van der Waals surface area (Å²) in [4.78, 5) is 11.2. The second kappa shape index (κ2) is 3.08. The molecule has 1 aromatic rings. The lowest BCUT2D eigenvalue weighted by Crippen LogP contribution is -2.44. The molecule has 1 fully saturated rings. The third kappa shape index (κ3) is 1.05. The fourth-order valence-corrected chi connectivity index (χ4v) is 1.97. The van der Waals surface area contributed by atoms with Crippen LogP contribution in [0.15, 0.2) is 6.20 Å². The molecule has 1 heterocycles. The largest absolute Gasteiger partial charge is 0.481 e. The summed E-state index contributed by atoms with van der Waals surface area (Å²) in [6, 6.07) is 0. The number of aromatic nitrogens is 3. The van der Waals surface area contributed by atoms with Gasteiger partial charge in [0.05, 0.1) is 11.9 Å². The van der Waals surface area contributed by atoms with Crippen LogP contribution in [0.1, 0.15) is 31.9 Å². The average molecular weight is 195 g/mol. The van der Waals surface area contributed by atoms with Crippen molar-refractivity contribution in [3.05, 3.63) is 11.9 Å². The van der Waals surface area contributed by atoms with Crippen LogP contribution in [0.4, 0.5) is 0 Å². The highest BCUT2D eigenvalue weighted by molar-refractivity contribution is 5.81. The second-order valence-corrected chi connectivity index (χ2v) is 3.68.